The first-order valence-electron chi connectivity index (χ1n) is 4.56. The molecule has 0 N–H and O–H groups in total. The van der Waals surface area contributed by atoms with E-state index < -0.39 is 6.08 Å². The summed E-state index contributed by atoms with van der Waals surface area (Å²) in [4.78, 5) is 0. The minimum atomic E-state index is -1.54. The predicted octanol–water partition coefficient (Wildman–Crippen LogP) is 3.11. The average Bonchev–Trinajstić information content (AvgIpc) is 2.55. The first-order valence-corrected chi connectivity index (χ1v) is 4.56. The predicted molar refractivity (Wildman–Crippen MR) is 45.5 cm³/mol. The molecule has 2 unspecified atom stereocenters. The molecular formula is C10H14F2O. The van der Waals surface area contributed by atoms with E-state index in [0.29, 0.717) is 6.42 Å². The van der Waals surface area contributed by atoms with E-state index in [1.165, 1.54) is 0 Å². The molecule has 1 heterocycles. The van der Waals surface area contributed by atoms with Crippen molar-refractivity contribution >= 4 is 0 Å². The van der Waals surface area contributed by atoms with Gasteiger partial charge in [0.25, 0.3) is 6.08 Å². The van der Waals surface area contributed by atoms with Crippen molar-refractivity contribution in [2.75, 3.05) is 0 Å². The molecule has 1 aliphatic carbocycles. The average molecular weight is 188 g/mol. The lowest BCUT2D eigenvalue weighted by atomic mass is 9.71. The zero-order valence-corrected chi connectivity index (χ0v) is 8.16. The fourth-order valence-electron chi connectivity index (χ4n) is 2.60. The first kappa shape index (κ1) is 9.13. The van der Waals surface area contributed by atoms with E-state index >= 15 is 0 Å². The third-order valence-electron chi connectivity index (χ3n) is 2.94. The first-order chi connectivity index (χ1) is 5.84. The number of epoxide rings is 1. The molecule has 13 heavy (non-hydrogen) atoms. The molecule has 74 valence electrons. The lowest BCUT2D eigenvalue weighted by Crippen LogP contribution is -2.30. The Morgan fingerprint density at radius 1 is 1.38 bits per heavy atom. The second-order valence-electron chi connectivity index (χ2n) is 5.11. The van der Waals surface area contributed by atoms with Crippen LogP contribution in [0.4, 0.5) is 8.78 Å². The highest BCUT2D eigenvalue weighted by Crippen LogP contribution is 2.57. The van der Waals surface area contributed by atoms with E-state index in [1.54, 1.807) is 0 Å². The molecule has 0 radical (unpaired) electrons. The molecule has 2 fully saturated rings. The van der Waals surface area contributed by atoms with Gasteiger partial charge in [-0.1, -0.05) is 13.8 Å². The van der Waals surface area contributed by atoms with Crippen LogP contribution in [0.2, 0.25) is 0 Å². The van der Waals surface area contributed by atoms with Gasteiger partial charge in [0.05, 0.1) is 5.60 Å². The van der Waals surface area contributed by atoms with Gasteiger partial charge in [-0.3, -0.25) is 0 Å². The molecule has 0 aromatic rings. The summed E-state index contributed by atoms with van der Waals surface area (Å²) >= 11 is 0. The molecule has 0 amide bonds. The third kappa shape index (κ3) is 1.39. The number of rotatable bonds is 0. The van der Waals surface area contributed by atoms with Crippen LogP contribution in [-0.4, -0.2) is 11.7 Å². The maximum Gasteiger partial charge on any atom is 0.272 e. The summed E-state index contributed by atoms with van der Waals surface area (Å²) in [6, 6.07) is 0. The fraction of sp³-hybridized carbons (Fsp3) is 0.800. The molecule has 0 spiro atoms. The number of fused-ring (bicyclic) bond motifs is 1. The molecule has 2 aliphatic rings. The maximum atomic E-state index is 12.5. The molecule has 2 rings (SSSR count). The minimum Gasteiger partial charge on any atom is -0.361 e. The van der Waals surface area contributed by atoms with Gasteiger partial charge in [0.1, 0.15) is 6.10 Å². The summed E-state index contributed by atoms with van der Waals surface area (Å²) < 4.78 is 30.4. The van der Waals surface area contributed by atoms with Crippen molar-refractivity contribution in [1.29, 1.82) is 0 Å². The number of ether oxygens (including phenoxy) is 1. The van der Waals surface area contributed by atoms with Crippen molar-refractivity contribution < 1.29 is 13.5 Å². The summed E-state index contributed by atoms with van der Waals surface area (Å²) in [6.45, 7) is 5.94. The summed E-state index contributed by atoms with van der Waals surface area (Å²) in [5.41, 5.74) is -0.139. The normalized spacial score (nSPS) is 41.3. The van der Waals surface area contributed by atoms with E-state index in [9.17, 15) is 8.78 Å². The van der Waals surface area contributed by atoms with Gasteiger partial charge in [-0.2, -0.15) is 8.78 Å². The lowest BCUT2D eigenvalue weighted by molar-refractivity contribution is 0.216. The summed E-state index contributed by atoms with van der Waals surface area (Å²) in [7, 11) is 0. The van der Waals surface area contributed by atoms with Crippen LogP contribution < -0.4 is 0 Å². The number of hydrogen-bond acceptors (Lipinski definition) is 1. The van der Waals surface area contributed by atoms with Crippen molar-refractivity contribution in [3.63, 3.8) is 0 Å². The van der Waals surface area contributed by atoms with Crippen molar-refractivity contribution in [2.24, 2.45) is 5.41 Å². The highest BCUT2D eigenvalue weighted by molar-refractivity contribution is 5.28. The highest BCUT2D eigenvalue weighted by atomic mass is 19.3. The summed E-state index contributed by atoms with van der Waals surface area (Å²) in [6.07, 6.45) is -0.496. The number of halogens is 2. The Bertz CT molecular complexity index is 276. The molecule has 0 aromatic carbocycles. The summed E-state index contributed by atoms with van der Waals surface area (Å²) in [5.74, 6) is 0. The van der Waals surface area contributed by atoms with Crippen LogP contribution >= 0.6 is 0 Å². The molecule has 1 aliphatic heterocycles. The fourth-order valence-corrected chi connectivity index (χ4v) is 2.60. The van der Waals surface area contributed by atoms with Gasteiger partial charge in [0.2, 0.25) is 0 Å². The lowest BCUT2D eigenvalue weighted by Gasteiger charge is -2.31. The molecule has 1 saturated carbocycles. The van der Waals surface area contributed by atoms with Gasteiger partial charge in [-0.05, 0) is 25.2 Å². The molecule has 3 heteroatoms. The smallest absolute Gasteiger partial charge is 0.272 e. The number of hydrogen-bond donors (Lipinski definition) is 0. The second kappa shape index (κ2) is 2.32. The van der Waals surface area contributed by atoms with E-state index in [2.05, 4.69) is 0 Å². The van der Waals surface area contributed by atoms with E-state index in [0.717, 1.165) is 6.42 Å². The van der Waals surface area contributed by atoms with Gasteiger partial charge >= 0.3 is 0 Å². The van der Waals surface area contributed by atoms with Gasteiger partial charge in [0, 0.05) is 5.57 Å². The Balaban J connectivity index is 2.30. The van der Waals surface area contributed by atoms with E-state index in [1.807, 2.05) is 20.8 Å². The van der Waals surface area contributed by atoms with Gasteiger partial charge in [-0.15, -0.1) is 0 Å². The van der Waals surface area contributed by atoms with Crippen molar-refractivity contribution in [2.45, 2.75) is 45.3 Å². The molecule has 2 atom stereocenters. The Morgan fingerprint density at radius 2 is 2.00 bits per heavy atom. The molecule has 0 bridgehead atoms. The quantitative estimate of drug-likeness (QED) is 0.532. The standard InChI is InChI=1S/C10H14F2O/c1-9(2)4-6(8(11)12)7-10(3,5-9)13-7/h7H,4-5H2,1-3H3. The van der Waals surface area contributed by atoms with Gasteiger partial charge < -0.3 is 4.74 Å². The zero-order chi connectivity index (χ0) is 9.85. The topological polar surface area (TPSA) is 12.5 Å². The van der Waals surface area contributed by atoms with Crippen molar-refractivity contribution in [1.82, 2.24) is 0 Å². The van der Waals surface area contributed by atoms with Crippen LogP contribution in [0.5, 0.6) is 0 Å². The maximum absolute atomic E-state index is 12.5. The second-order valence-corrected chi connectivity index (χ2v) is 5.11. The van der Waals surface area contributed by atoms with Crippen LogP contribution in [0.1, 0.15) is 33.6 Å². The Kier molecular flexibility index (Phi) is 1.63. The SMILES string of the molecule is CC1(C)CC(=C(F)F)C2OC2(C)C1. The molecule has 1 saturated heterocycles. The molecule has 0 aromatic heterocycles. The van der Waals surface area contributed by atoms with Gasteiger partial charge in [0.15, 0.2) is 0 Å². The third-order valence-corrected chi connectivity index (χ3v) is 2.94. The molecule has 1 nitrogen and oxygen atoms in total. The largest absolute Gasteiger partial charge is 0.361 e. The monoisotopic (exact) mass is 188 g/mol. The minimum absolute atomic E-state index is 0.0550. The van der Waals surface area contributed by atoms with Gasteiger partial charge in [-0.25, -0.2) is 0 Å². The Morgan fingerprint density at radius 3 is 2.54 bits per heavy atom. The van der Waals surface area contributed by atoms with E-state index in [-0.39, 0.29) is 22.7 Å². The highest BCUT2D eigenvalue weighted by Gasteiger charge is 2.61. The van der Waals surface area contributed by atoms with Crippen molar-refractivity contribution in [3.8, 4) is 0 Å². The zero-order valence-electron chi connectivity index (χ0n) is 8.16. The van der Waals surface area contributed by atoms with Crippen LogP contribution in [0.15, 0.2) is 11.7 Å². The van der Waals surface area contributed by atoms with Crippen LogP contribution in [0.3, 0.4) is 0 Å². The van der Waals surface area contributed by atoms with Crippen LogP contribution in [0.25, 0.3) is 0 Å². The Hall–Kier alpha value is -0.440. The summed E-state index contributed by atoms with van der Waals surface area (Å²) in [5, 5.41) is 0. The van der Waals surface area contributed by atoms with Crippen LogP contribution in [-0.2, 0) is 4.74 Å². The van der Waals surface area contributed by atoms with E-state index in [4.69, 9.17) is 4.74 Å². The van der Waals surface area contributed by atoms with Crippen molar-refractivity contribution in [3.05, 3.63) is 11.7 Å². The Labute approximate surface area is 76.8 Å². The molecular weight excluding hydrogens is 174 g/mol. The van der Waals surface area contributed by atoms with Crippen LogP contribution in [0, 0.1) is 5.41 Å².